The number of anilines is 2. The van der Waals surface area contributed by atoms with Crippen molar-refractivity contribution in [1.82, 2.24) is 15.3 Å². The van der Waals surface area contributed by atoms with E-state index in [0.717, 1.165) is 18.4 Å². The lowest BCUT2D eigenvalue weighted by atomic mass is 9.99. The second kappa shape index (κ2) is 10.9. The van der Waals surface area contributed by atoms with E-state index in [1.165, 1.54) is 25.1 Å². The number of pyridine rings is 2. The molecule has 0 aliphatic rings. The van der Waals surface area contributed by atoms with Crippen LogP contribution >= 0.6 is 0 Å². The Kier molecular flexibility index (Phi) is 8.13. The molecule has 192 valence electrons. The van der Waals surface area contributed by atoms with Gasteiger partial charge in [-0.3, -0.25) is 14.5 Å². The lowest BCUT2D eigenvalue weighted by Crippen LogP contribution is -2.28. The van der Waals surface area contributed by atoms with Crippen molar-refractivity contribution in [2.75, 3.05) is 16.3 Å². The minimum absolute atomic E-state index is 0.0642. The summed E-state index contributed by atoms with van der Waals surface area (Å²) in [4.78, 5) is 20.5. The van der Waals surface area contributed by atoms with Crippen LogP contribution < -0.4 is 15.4 Å². The van der Waals surface area contributed by atoms with Crippen LogP contribution in [0.5, 0.6) is 0 Å². The highest BCUT2D eigenvalue weighted by Crippen LogP contribution is 2.30. The fourth-order valence-electron chi connectivity index (χ4n) is 3.19. The third-order valence-electron chi connectivity index (χ3n) is 5.07. The summed E-state index contributed by atoms with van der Waals surface area (Å²) >= 11 is 0. The molecule has 0 radical (unpaired) electrons. The van der Waals surface area contributed by atoms with Crippen LogP contribution in [0.15, 0.2) is 54.7 Å². The monoisotopic (exact) mass is 525 g/mol. The number of alkyl halides is 3. The third-order valence-corrected chi connectivity index (χ3v) is 5.66. The van der Waals surface area contributed by atoms with E-state index in [2.05, 4.69) is 20.6 Å². The minimum atomic E-state index is -4.65. The SMILES string of the molecule is CC(C(=O)NCc1ccc(C(F)(F)F)nc1NCc1ccccn1)c1ccc(NS(C)(=O)=O)c(F)c1. The molecule has 1 unspecified atom stereocenters. The molecular weight excluding hydrogens is 502 g/mol. The van der Waals surface area contributed by atoms with E-state index in [0.29, 0.717) is 11.3 Å². The van der Waals surface area contributed by atoms with Gasteiger partial charge in [-0.1, -0.05) is 18.2 Å². The minimum Gasteiger partial charge on any atom is -0.364 e. The van der Waals surface area contributed by atoms with Crippen molar-refractivity contribution in [2.24, 2.45) is 0 Å². The van der Waals surface area contributed by atoms with E-state index in [4.69, 9.17) is 0 Å². The molecule has 0 aliphatic carbocycles. The Balaban J connectivity index is 1.73. The number of nitrogens with zero attached hydrogens (tertiary/aromatic N) is 2. The molecule has 2 aromatic heterocycles. The van der Waals surface area contributed by atoms with Crippen molar-refractivity contribution in [1.29, 1.82) is 0 Å². The van der Waals surface area contributed by atoms with Gasteiger partial charge < -0.3 is 10.6 Å². The largest absolute Gasteiger partial charge is 0.433 e. The number of amides is 1. The number of halogens is 4. The smallest absolute Gasteiger partial charge is 0.364 e. The number of hydrogen-bond acceptors (Lipinski definition) is 6. The summed E-state index contributed by atoms with van der Waals surface area (Å²) in [7, 11) is -3.68. The highest BCUT2D eigenvalue weighted by molar-refractivity contribution is 7.92. The molecule has 8 nitrogen and oxygen atoms in total. The van der Waals surface area contributed by atoms with Crippen LogP contribution in [0.3, 0.4) is 0 Å². The zero-order valence-electron chi connectivity index (χ0n) is 19.2. The highest BCUT2D eigenvalue weighted by Gasteiger charge is 2.33. The second-order valence-corrected chi connectivity index (χ2v) is 9.68. The first-order chi connectivity index (χ1) is 16.8. The number of carbonyl (C=O) groups excluding carboxylic acids is 1. The molecule has 1 aromatic carbocycles. The molecule has 2 heterocycles. The van der Waals surface area contributed by atoms with Gasteiger partial charge in [0.2, 0.25) is 15.9 Å². The topological polar surface area (TPSA) is 113 Å². The summed E-state index contributed by atoms with van der Waals surface area (Å²) in [5.74, 6) is -2.27. The molecule has 3 N–H and O–H groups in total. The van der Waals surface area contributed by atoms with Crippen LogP contribution in [0.1, 0.15) is 35.4 Å². The zero-order chi connectivity index (χ0) is 26.5. The molecule has 0 spiro atoms. The quantitative estimate of drug-likeness (QED) is 0.364. The maximum absolute atomic E-state index is 14.3. The number of sulfonamides is 1. The Morgan fingerprint density at radius 3 is 2.44 bits per heavy atom. The standard InChI is InChI=1S/C23H23F4N5O3S/c1-14(15-6-8-19(18(24)11-15)32-36(2,34)35)22(33)30-12-16-7-9-20(23(25,26)27)31-21(16)29-13-17-5-3-4-10-28-17/h3-11,14,32H,12-13H2,1-2H3,(H,29,31)(H,30,33). The van der Waals surface area contributed by atoms with Gasteiger partial charge in [0.1, 0.15) is 17.3 Å². The van der Waals surface area contributed by atoms with E-state index in [-0.39, 0.29) is 30.2 Å². The van der Waals surface area contributed by atoms with Crippen LogP contribution in [0.4, 0.5) is 29.1 Å². The van der Waals surface area contributed by atoms with Gasteiger partial charge in [0.25, 0.3) is 0 Å². The summed E-state index contributed by atoms with van der Waals surface area (Å²) in [6, 6.07) is 10.8. The summed E-state index contributed by atoms with van der Waals surface area (Å²) in [5, 5.41) is 5.44. The fraction of sp³-hybridized carbons (Fsp3) is 0.261. The Morgan fingerprint density at radius 2 is 1.83 bits per heavy atom. The molecule has 1 amide bonds. The number of carbonyl (C=O) groups is 1. The Hall–Kier alpha value is -3.74. The van der Waals surface area contributed by atoms with Crippen molar-refractivity contribution in [3.8, 4) is 0 Å². The first kappa shape index (κ1) is 26.9. The van der Waals surface area contributed by atoms with Crippen molar-refractivity contribution >= 4 is 27.4 Å². The number of nitrogens with one attached hydrogen (secondary N) is 3. The van der Waals surface area contributed by atoms with Crippen molar-refractivity contribution < 1.29 is 30.8 Å². The van der Waals surface area contributed by atoms with Crippen molar-refractivity contribution in [3.05, 3.63) is 83.1 Å². The van der Waals surface area contributed by atoms with Gasteiger partial charge in [-0.25, -0.2) is 17.8 Å². The average Bonchev–Trinajstić information content (AvgIpc) is 2.81. The Bertz CT molecular complexity index is 1340. The molecule has 0 fully saturated rings. The summed E-state index contributed by atoms with van der Waals surface area (Å²) < 4.78 is 78.5. The van der Waals surface area contributed by atoms with E-state index >= 15 is 0 Å². The number of benzene rings is 1. The molecule has 0 aliphatic heterocycles. The third kappa shape index (κ3) is 7.38. The fourth-order valence-corrected chi connectivity index (χ4v) is 3.75. The normalized spacial score (nSPS) is 12.6. The summed E-state index contributed by atoms with van der Waals surface area (Å²) in [6.07, 6.45) is -2.22. The number of rotatable bonds is 9. The van der Waals surface area contributed by atoms with Crippen LogP contribution in [-0.4, -0.2) is 30.5 Å². The molecule has 13 heteroatoms. The molecular formula is C23H23F4N5O3S. The molecule has 3 rings (SSSR count). The summed E-state index contributed by atoms with van der Waals surface area (Å²) in [5.41, 5.74) is -0.182. The van der Waals surface area contributed by atoms with Gasteiger partial charge in [-0.15, -0.1) is 0 Å². The van der Waals surface area contributed by atoms with Gasteiger partial charge in [0, 0.05) is 18.3 Å². The summed E-state index contributed by atoms with van der Waals surface area (Å²) in [6.45, 7) is 1.48. The van der Waals surface area contributed by atoms with Crippen molar-refractivity contribution in [2.45, 2.75) is 32.1 Å². The van der Waals surface area contributed by atoms with Gasteiger partial charge in [0.15, 0.2) is 0 Å². The van der Waals surface area contributed by atoms with E-state index in [9.17, 15) is 30.8 Å². The highest BCUT2D eigenvalue weighted by atomic mass is 32.2. The van der Waals surface area contributed by atoms with Gasteiger partial charge in [-0.05, 0) is 42.8 Å². The average molecular weight is 526 g/mol. The maximum atomic E-state index is 14.3. The van der Waals surface area contributed by atoms with Crippen molar-refractivity contribution in [3.63, 3.8) is 0 Å². The number of aromatic nitrogens is 2. The molecule has 0 saturated heterocycles. The van der Waals surface area contributed by atoms with E-state index < -0.39 is 39.5 Å². The Morgan fingerprint density at radius 1 is 1.08 bits per heavy atom. The first-order valence-corrected chi connectivity index (χ1v) is 12.5. The molecule has 1 atom stereocenters. The molecule has 36 heavy (non-hydrogen) atoms. The predicted molar refractivity (Wildman–Crippen MR) is 126 cm³/mol. The number of hydrogen-bond donors (Lipinski definition) is 3. The molecule has 0 bridgehead atoms. The molecule has 0 saturated carbocycles. The van der Waals surface area contributed by atoms with Gasteiger partial charge in [0.05, 0.1) is 30.1 Å². The van der Waals surface area contributed by atoms with Crippen LogP contribution in [0, 0.1) is 5.82 Å². The molecule has 3 aromatic rings. The van der Waals surface area contributed by atoms with E-state index in [1.807, 2.05) is 4.72 Å². The van der Waals surface area contributed by atoms with Gasteiger partial charge >= 0.3 is 6.18 Å². The van der Waals surface area contributed by atoms with Crippen LogP contribution in [-0.2, 0) is 34.1 Å². The Labute approximate surface area is 205 Å². The zero-order valence-corrected chi connectivity index (χ0v) is 20.0. The first-order valence-electron chi connectivity index (χ1n) is 10.6. The van der Waals surface area contributed by atoms with Crippen LogP contribution in [0.25, 0.3) is 0 Å². The predicted octanol–water partition coefficient (Wildman–Crippen LogP) is 4.04. The van der Waals surface area contributed by atoms with Crippen LogP contribution in [0.2, 0.25) is 0 Å². The lowest BCUT2D eigenvalue weighted by Gasteiger charge is -2.17. The van der Waals surface area contributed by atoms with Gasteiger partial charge in [-0.2, -0.15) is 13.2 Å². The van der Waals surface area contributed by atoms with E-state index in [1.54, 1.807) is 24.4 Å². The lowest BCUT2D eigenvalue weighted by molar-refractivity contribution is -0.141. The second-order valence-electron chi connectivity index (χ2n) is 7.93. The maximum Gasteiger partial charge on any atom is 0.433 e.